The molecule has 29 heavy (non-hydrogen) atoms. The molecule has 1 amide bonds. The fraction of sp³-hybridized carbons (Fsp3) is 0.333. The second-order valence-electron chi connectivity index (χ2n) is 7.45. The van der Waals surface area contributed by atoms with Crippen molar-refractivity contribution in [3.8, 4) is 11.5 Å². The molecule has 7 nitrogen and oxygen atoms in total. The molecule has 3 aliphatic rings. The molecule has 0 unspecified atom stereocenters. The molecule has 5 rings (SSSR count). The molecular formula is C21H20ClN3O4. The number of nitrogens with zero attached hydrogens (tertiary/aromatic N) is 3. The van der Waals surface area contributed by atoms with Gasteiger partial charge in [0, 0.05) is 37.7 Å². The third kappa shape index (κ3) is 3.46. The monoisotopic (exact) mass is 413 g/mol. The van der Waals surface area contributed by atoms with Gasteiger partial charge in [-0.15, -0.1) is 0 Å². The molecule has 1 fully saturated rings. The van der Waals surface area contributed by atoms with Crippen LogP contribution in [0, 0.1) is 0 Å². The van der Waals surface area contributed by atoms with Crippen LogP contribution in [0.4, 0.5) is 5.69 Å². The Hall–Kier alpha value is -2.61. The second-order valence-corrected chi connectivity index (χ2v) is 7.88. The summed E-state index contributed by atoms with van der Waals surface area (Å²) in [6.07, 6.45) is 0. The third-order valence-corrected chi connectivity index (χ3v) is 5.82. The Labute approximate surface area is 173 Å². The van der Waals surface area contributed by atoms with Gasteiger partial charge in [-0.05, 0) is 35.9 Å². The summed E-state index contributed by atoms with van der Waals surface area (Å²) in [6.45, 7) is 4.96. The zero-order valence-corrected chi connectivity index (χ0v) is 16.5. The minimum atomic E-state index is -0.482. The fourth-order valence-corrected chi connectivity index (χ4v) is 4.17. The maximum Gasteiger partial charge on any atom is 0.300 e. The topological polar surface area (TPSA) is 62.3 Å². The van der Waals surface area contributed by atoms with Crippen LogP contribution in [0.1, 0.15) is 15.9 Å². The largest absolute Gasteiger partial charge is 0.454 e. The molecule has 0 aromatic heterocycles. The van der Waals surface area contributed by atoms with Crippen LogP contribution >= 0.6 is 11.6 Å². The zero-order chi connectivity index (χ0) is 20.0. The van der Waals surface area contributed by atoms with Crippen LogP contribution in [0.15, 0.2) is 36.4 Å². The fourth-order valence-electron chi connectivity index (χ4n) is 4.00. The van der Waals surface area contributed by atoms with Crippen LogP contribution in [0.3, 0.4) is 0 Å². The highest BCUT2D eigenvalue weighted by Gasteiger charge is 2.37. The SMILES string of the molecule is O=C1C(=O)N(CN2CCN(Cc3ccc4c(c3)OCO4)CC2)c2ccc(Cl)cc21. The number of hydrogen-bond acceptors (Lipinski definition) is 6. The summed E-state index contributed by atoms with van der Waals surface area (Å²) >= 11 is 5.98. The van der Waals surface area contributed by atoms with Crippen molar-refractivity contribution >= 4 is 29.0 Å². The Morgan fingerprint density at radius 2 is 1.66 bits per heavy atom. The third-order valence-electron chi connectivity index (χ3n) is 5.58. The molecule has 0 saturated carbocycles. The van der Waals surface area contributed by atoms with Gasteiger partial charge in [-0.3, -0.25) is 24.3 Å². The molecule has 0 atom stereocenters. The number of anilines is 1. The van der Waals surface area contributed by atoms with E-state index in [2.05, 4.69) is 15.9 Å². The van der Waals surface area contributed by atoms with Gasteiger partial charge in [-0.1, -0.05) is 17.7 Å². The number of halogens is 1. The van der Waals surface area contributed by atoms with Crippen molar-refractivity contribution in [3.05, 3.63) is 52.5 Å². The maximum absolute atomic E-state index is 12.4. The molecular weight excluding hydrogens is 394 g/mol. The first-order chi connectivity index (χ1) is 14.1. The van der Waals surface area contributed by atoms with Gasteiger partial charge in [0.15, 0.2) is 11.5 Å². The Morgan fingerprint density at radius 1 is 0.897 bits per heavy atom. The molecule has 0 N–H and O–H groups in total. The number of ketones is 1. The van der Waals surface area contributed by atoms with E-state index in [9.17, 15) is 9.59 Å². The first-order valence-corrected chi connectivity index (χ1v) is 9.95. The summed E-state index contributed by atoms with van der Waals surface area (Å²) in [5, 5.41) is 0.462. The number of carbonyl (C=O) groups is 2. The highest BCUT2D eigenvalue weighted by atomic mass is 35.5. The molecule has 0 spiro atoms. The quantitative estimate of drug-likeness (QED) is 0.717. The first-order valence-electron chi connectivity index (χ1n) is 9.57. The molecule has 3 aliphatic heterocycles. The number of amides is 1. The number of ether oxygens (including phenoxy) is 2. The van der Waals surface area contributed by atoms with Crippen LogP contribution in [-0.2, 0) is 11.3 Å². The average molecular weight is 414 g/mol. The van der Waals surface area contributed by atoms with Crippen molar-refractivity contribution in [1.82, 2.24) is 9.80 Å². The van der Waals surface area contributed by atoms with Gasteiger partial charge < -0.3 is 9.47 Å². The van der Waals surface area contributed by atoms with Crippen molar-refractivity contribution in [3.63, 3.8) is 0 Å². The summed E-state index contributed by atoms with van der Waals surface area (Å²) in [4.78, 5) is 30.8. The van der Waals surface area contributed by atoms with E-state index in [4.69, 9.17) is 21.1 Å². The Bertz CT molecular complexity index is 988. The summed E-state index contributed by atoms with van der Waals surface area (Å²) in [6, 6.07) is 11.1. The molecule has 2 aromatic carbocycles. The van der Waals surface area contributed by atoms with Crippen LogP contribution < -0.4 is 14.4 Å². The lowest BCUT2D eigenvalue weighted by Crippen LogP contribution is -2.50. The zero-order valence-electron chi connectivity index (χ0n) is 15.8. The van der Waals surface area contributed by atoms with E-state index in [1.54, 1.807) is 23.1 Å². The standard InChI is InChI=1S/C21H20ClN3O4/c22-15-2-3-17-16(10-15)20(26)21(27)25(17)12-24-7-5-23(6-8-24)11-14-1-4-18-19(9-14)29-13-28-18/h1-4,9-10H,5-8,11-13H2. The summed E-state index contributed by atoms with van der Waals surface area (Å²) in [7, 11) is 0. The van der Waals surface area contributed by atoms with E-state index in [0.717, 1.165) is 44.2 Å². The Kier molecular flexibility index (Phi) is 4.66. The molecule has 0 bridgehead atoms. The highest BCUT2D eigenvalue weighted by Crippen LogP contribution is 2.33. The van der Waals surface area contributed by atoms with Gasteiger partial charge in [0.2, 0.25) is 6.79 Å². The van der Waals surface area contributed by atoms with Crippen LogP contribution in [0.25, 0.3) is 0 Å². The van der Waals surface area contributed by atoms with Gasteiger partial charge in [0.1, 0.15) is 0 Å². The lowest BCUT2D eigenvalue weighted by Gasteiger charge is -2.36. The summed E-state index contributed by atoms with van der Waals surface area (Å²) < 4.78 is 10.8. The van der Waals surface area contributed by atoms with Gasteiger partial charge >= 0.3 is 5.91 Å². The number of hydrogen-bond donors (Lipinski definition) is 0. The normalized spacial score (nSPS) is 19.1. The van der Waals surface area contributed by atoms with Crippen molar-refractivity contribution < 1.29 is 19.1 Å². The molecule has 3 heterocycles. The lowest BCUT2D eigenvalue weighted by molar-refractivity contribution is -0.114. The Morgan fingerprint density at radius 3 is 2.48 bits per heavy atom. The maximum atomic E-state index is 12.4. The van der Waals surface area contributed by atoms with E-state index in [1.807, 2.05) is 12.1 Å². The smallest absolute Gasteiger partial charge is 0.300 e. The van der Waals surface area contributed by atoms with Gasteiger partial charge in [0.25, 0.3) is 5.78 Å². The molecule has 2 aromatic rings. The number of carbonyl (C=O) groups excluding carboxylic acids is 2. The van der Waals surface area contributed by atoms with Crippen molar-refractivity contribution in [1.29, 1.82) is 0 Å². The number of rotatable bonds is 4. The first kappa shape index (κ1) is 18.4. The number of benzene rings is 2. The minimum absolute atomic E-state index is 0.282. The predicted molar refractivity (Wildman–Crippen MR) is 108 cm³/mol. The number of piperazine rings is 1. The second kappa shape index (κ2) is 7.33. The summed E-state index contributed by atoms with van der Waals surface area (Å²) in [5.74, 6) is 0.635. The van der Waals surface area contributed by atoms with Crippen molar-refractivity contribution in [2.75, 3.05) is 44.5 Å². The summed E-state index contributed by atoms with van der Waals surface area (Å²) in [5.41, 5.74) is 2.23. The van der Waals surface area contributed by atoms with Gasteiger partial charge in [-0.25, -0.2) is 0 Å². The number of fused-ring (bicyclic) bond motifs is 2. The highest BCUT2D eigenvalue weighted by molar-refractivity contribution is 6.52. The molecule has 0 aliphatic carbocycles. The molecule has 0 radical (unpaired) electrons. The lowest BCUT2D eigenvalue weighted by atomic mass is 10.1. The van der Waals surface area contributed by atoms with E-state index in [-0.39, 0.29) is 6.79 Å². The van der Waals surface area contributed by atoms with Gasteiger partial charge in [0.05, 0.1) is 17.9 Å². The van der Waals surface area contributed by atoms with Gasteiger partial charge in [-0.2, -0.15) is 0 Å². The van der Waals surface area contributed by atoms with E-state index in [1.165, 1.54) is 5.56 Å². The van der Waals surface area contributed by atoms with Crippen LogP contribution in [-0.4, -0.2) is 61.1 Å². The minimum Gasteiger partial charge on any atom is -0.454 e. The number of Topliss-reactive ketones (excluding diaryl/α,β-unsaturated/α-hetero) is 1. The van der Waals surface area contributed by atoms with E-state index in [0.29, 0.717) is 22.9 Å². The van der Waals surface area contributed by atoms with Crippen molar-refractivity contribution in [2.45, 2.75) is 6.54 Å². The van der Waals surface area contributed by atoms with Crippen LogP contribution in [0.5, 0.6) is 11.5 Å². The van der Waals surface area contributed by atoms with E-state index >= 15 is 0 Å². The van der Waals surface area contributed by atoms with Crippen LogP contribution in [0.2, 0.25) is 5.02 Å². The van der Waals surface area contributed by atoms with E-state index < -0.39 is 11.7 Å². The molecule has 1 saturated heterocycles. The average Bonchev–Trinajstić information content (AvgIpc) is 3.28. The molecule has 8 heteroatoms. The Balaban J connectivity index is 1.20. The predicted octanol–water partition coefficient (Wildman–Crippen LogP) is 2.37. The molecule has 150 valence electrons. The van der Waals surface area contributed by atoms with Crippen molar-refractivity contribution in [2.24, 2.45) is 0 Å².